The standard InChI is InChI=1S/C20H26ClN3O4/c1-12(25)13-10-23-14(9-15(13)26)18-17(21)19(28-8-6-7-27-5)22-24(18)11-16(23)20(2,3)4/h9-10,16H,6-8,11H2,1-5H3/t16-/m0/s1. The fourth-order valence-electron chi connectivity index (χ4n) is 3.46. The Hall–Kier alpha value is -2.12. The Balaban J connectivity index is 2.11. The molecule has 2 aromatic heterocycles. The third-order valence-corrected chi connectivity index (χ3v) is 5.32. The molecule has 0 N–H and O–H groups in total. The lowest BCUT2D eigenvalue weighted by Crippen LogP contribution is -2.35. The SMILES string of the molecule is COCCCOc1nn2c(c1Cl)-c1cc(=O)c(C(C)=O)cn1[C@H](C(C)(C)C)C2. The summed E-state index contributed by atoms with van der Waals surface area (Å²) >= 11 is 6.58. The average Bonchev–Trinajstić information content (AvgIpc) is 2.92. The normalized spacial score (nSPS) is 15.9. The first-order valence-electron chi connectivity index (χ1n) is 9.30. The molecule has 0 bridgehead atoms. The molecule has 152 valence electrons. The number of halogens is 1. The number of hydrogen-bond acceptors (Lipinski definition) is 5. The summed E-state index contributed by atoms with van der Waals surface area (Å²) in [6, 6.07) is 1.47. The Labute approximate surface area is 169 Å². The number of fused-ring (bicyclic) bond motifs is 3. The van der Waals surface area contributed by atoms with Gasteiger partial charge in [-0.25, -0.2) is 0 Å². The van der Waals surface area contributed by atoms with E-state index in [1.165, 1.54) is 13.0 Å². The molecule has 0 aliphatic carbocycles. The van der Waals surface area contributed by atoms with E-state index < -0.39 is 0 Å². The second-order valence-corrected chi connectivity index (χ2v) is 8.50. The van der Waals surface area contributed by atoms with Crippen LogP contribution in [0.1, 0.15) is 50.5 Å². The molecule has 0 amide bonds. The van der Waals surface area contributed by atoms with Gasteiger partial charge in [0.15, 0.2) is 11.2 Å². The number of ether oxygens (including phenoxy) is 2. The van der Waals surface area contributed by atoms with Gasteiger partial charge in [0.2, 0.25) is 0 Å². The van der Waals surface area contributed by atoms with Crippen LogP contribution in [0.3, 0.4) is 0 Å². The van der Waals surface area contributed by atoms with Crippen molar-refractivity contribution in [1.82, 2.24) is 14.3 Å². The van der Waals surface area contributed by atoms with Gasteiger partial charge in [-0.05, 0) is 12.3 Å². The van der Waals surface area contributed by atoms with Crippen LogP contribution in [0.15, 0.2) is 17.1 Å². The van der Waals surface area contributed by atoms with Gasteiger partial charge in [-0.3, -0.25) is 14.3 Å². The van der Waals surface area contributed by atoms with Gasteiger partial charge in [0, 0.05) is 32.4 Å². The van der Waals surface area contributed by atoms with Crippen molar-refractivity contribution in [1.29, 1.82) is 0 Å². The molecule has 1 aliphatic rings. The van der Waals surface area contributed by atoms with E-state index in [2.05, 4.69) is 25.9 Å². The van der Waals surface area contributed by atoms with Gasteiger partial charge in [0.05, 0.1) is 30.5 Å². The van der Waals surface area contributed by atoms with Crippen molar-refractivity contribution in [2.45, 2.75) is 46.7 Å². The van der Waals surface area contributed by atoms with Crippen LogP contribution in [-0.2, 0) is 11.3 Å². The summed E-state index contributed by atoms with van der Waals surface area (Å²) in [5, 5.41) is 4.91. The van der Waals surface area contributed by atoms with Crippen LogP contribution in [0.25, 0.3) is 11.4 Å². The molecule has 0 unspecified atom stereocenters. The highest BCUT2D eigenvalue weighted by molar-refractivity contribution is 6.34. The van der Waals surface area contributed by atoms with Crippen LogP contribution in [0, 0.1) is 5.41 Å². The number of pyridine rings is 1. The predicted molar refractivity (Wildman–Crippen MR) is 107 cm³/mol. The van der Waals surface area contributed by atoms with Crippen molar-refractivity contribution in [3.8, 4) is 17.3 Å². The monoisotopic (exact) mass is 407 g/mol. The molecule has 7 nitrogen and oxygen atoms in total. The first-order chi connectivity index (χ1) is 13.1. The number of Topliss-reactive ketones (excluding diaryl/α,β-unsaturated/α-hetero) is 1. The summed E-state index contributed by atoms with van der Waals surface area (Å²) in [5.74, 6) is 0.0947. The van der Waals surface area contributed by atoms with Crippen molar-refractivity contribution in [3.05, 3.63) is 33.1 Å². The van der Waals surface area contributed by atoms with Crippen molar-refractivity contribution >= 4 is 17.4 Å². The molecule has 0 aromatic carbocycles. The number of hydrogen-bond donors (Lipinski definition) is 0. The van der Waals surface area contributed by atoms with Crippen molar-refractivity contribution < 1.29 is 14.3 Å². The number of aromatic nitrogens is 3. The molecule has 0 fully saturated rings. The number of carbonyl (C=O) groups is 1. The van der Waals surface area contributed by atoms with Gasteiger partial charge < -0.3 is 14.0 Å². The van der Waals surface area contributed by atoms with Crippen LogP contribution < -0.4 is 10.2 Å². The fraction of sp³-hybridized carbons (Fsp3) is 0.550. The van der Waals surface area contributed by atoms with Gasteiger partial charge >= 0.3 is 0 Å². The fourth-order valence-corrected chi connectivity index (χ4v) is 3.75. The number of nitrogens with zero attached hydrogens (tertiary/aromatic N) is 3. The Morgan fingerprint density at radius 2 is 2.07 bits per heavy atom. The summed E-state index contributed by atoms with van der Waals surface area (Å²) in [4.78, 5) is 24.4. The van der Waals surface area contributed by atoms with Gasteiger partial charge in [0.1, 0.15) is 10.7 Å². The zero-order chi connectivity index (χ0) is 20.6. The lowest BCUT2D eigenvalue weighted by molar-refractivity contribution is 0.101. The topological polar surface area (TPSA) is 75.3 Å². The summed E-state index contributed by atoms with van der Waals surface area (Å²) < 4.78 is 14.5. The quantitative estimate of drug-likeness (QED) is 0.540. The molecule has 1 aliphatic heterocycles. The second kappa shape index (κ2) is 7.72. The number of methoxy groups -OCH3 is 1. The molecular weight excluding hydrogens is 382 g/mol. The molecule has 28 heavy (non-hydrogen) atoms. The minimum Gasteiger partial charge on any atom is -0.475 e. The molecule has 3 rings (SSSR count). The molecular formula is C20H26ClN3O4. The van der Waals surface area contributed by atoms with Gasteiger partial charge in [-0.2, -0.15) is 0 Å². The van der Waals surface area contributed by atoms with E-state index in [-0.39, 0.29) is 28.2 Å². The molecule has 3 heterocycles. The first-order valence-corrected chi connectivity index (χ1v) is 9.68. The molecule has 8 heteroatoms. The van der Waals surface area contributed by atoms with Crippen LogP contribution in [0.2, 0.25) is 5.02 Å². The third-order valence-electron chi connectivity index (χ3n) is 4.98. The van der Waals surface area contributed by atoms with E-state index >= 15 is 0 Å². The Bertz CT molecular complexity index is 956. The highest BCUT2D eigenvalue weighted by Gasteiger charge is 2.36. The average molecular weight is 408 g/mol. The molecule has 0 saturated carbocycles. The van der Waals surface area contributed by atoms with Crippen molar-refractivity contribution in [2.24, 2.45) is 5.41 Å². The molecule has 1 atom stereocenters. The second-order valence-electron chi connectivity index (χ2n) is 8.13. The largest absolute Gasteiger partial charge is 0.475 e. The van der Waals surface area contributed by atoms with Crippen LogP contribution >= 0.6 is 11.6 Å². The molecule has 2 aromatic rings. The van der Waals surface area contributed by atoms with Crippen LogP contribution in [0.5, 0.6) is 5.88 Å². The maximum absolute atomic E-state index is 12.5. The van der Waals surface area contributed by atoms with Gasteiger partial charge in [-0.15, -0.1) is 5.10 Å². The molecule has 0 saturated heterocycles. The van der Waals surface area contributed by atoms with E-state index in [0.717, 1.165) is 6.42 Å². The summed E-state index contributed by atoms with van der Waals surface area (Å²) in [6.07, 6.45) is 2.37. The van der Waals surface area contributed by atoms with E-state index in [4.69, 9.17) is 21.1 Å². The maximum Gasteiger partial charge on any atom is 0.252 e. The van der Waals surface area contributed by atoms with Crippen molar-refractivity contribution in [3.63, 3.8) is 0 Å². The van der Waals surface area contributed by atoms with E-state index in [1.54, 1.807) is 18.0 Å². The zero-order valence-corrected chi connectivity index (χ0v) is 17.7. The highest BCUT2D eigenvalue weighted by atomic mass is 35.5. The number of rotatable bonds is 6. The summed E-state index contributed by atoms with van der Waals surface area (Å²) in [7, 11) is 1.64. The van der Waals surface area contributed by atoms with Crippen molar-refractivity contribution in [2.75, 3.05) is 20.3 Å². The zero-order valence-electron chi connectivity index (χ0n) is 16.9. The van der Waals surface area contributed by atoms with E-state index in [0.29, 0.717) is 42.0 Å². The van der Waals surface area contributed by atoms with Gasteiger partial charge in [-0.1, -0.05) is 32.4 Å². The van der Waals surface area contributed by atoms with Crippen LogP contribution in [-0.4, -0.2) is 40.5 Å². The lowest BCUT2D eigenvalue weighted by Gasteiger charge is -2.38. The van der Waals surface area contributed by atoms with E-state index in [1.807, 2.05) is 4.57 Å². The van der Waals surface area contributed by atoms with E-state index in [9.17, 15) is 9.59 Å². The Kier molecular flexibility index (Phi) is 5.68. The summed E-state index contributed by atoms with van der Waals surface area (Å²) in [6.45, 7) is 9.34. The third kappa shape index (κ3) is 3.73. The smallest absolute Gasteiger partial charge is 0.252 e. The Morgan fingerprint density at radius 1 is 1.36 bits per heavy atom. The molecule has 0 spiro atoms. The maximum atomic E-state index is 12.5. The minimum absolute atomic E-state index is 0.00833. The predicted octanol–water partition coefficient (Wildman–Crippen LogP) is 3.58. The lowest BCUT2D eigenvalue weighted by atomic mass is 9.85. The minimum atomic E-state index is -0.320. The number of carbonyl (C=O) groups excluding carboxylic acids is 1. The highest BCUT2D eigenvalue weighted by Crippen LogP contribution is 2.44. The summed E-state index contributed by atoms with van der Waals surface area (Å²) in [5.41, 5.74) is 1.01. The van der Waals surface area contributed by atoms with Crippen LogP contribution in [0.4, 0.5) is 0 Å². The molecule has 0 radical (unpaired) electrons. The first kappa shape index (κ1) is 20.6. The Morgan fingerprint density at radius 3 is 2.68 bits per heavy atom. The number of ketones is 1. The van der Waals surface area contributed by atoms with Gasteiger partial charge in [0.25, 0.3) is 5.88 Å².